The van der Waals surface area contributed by atoms with Crippen LogP contribution in [0.1, 0.15) is 38.7 Å². The van der Waals surface area contributed by atoms with E-state index < -0.39 is 11.8 Å². The molecule has 0 saturated heterocycles. The highest BCUT2D eigenvalue weighted by atomic mass is 16.5. The molecule has 2 N–H and O–H groups in total. The summed E-state index contributed by atoms with van der Waals surface area (Å²) in [5.41, 5.74) is 1.41. The first-order valence-corrected chi connectivity index (χ1v) is 9.07. The molecule has 1 aliphatic heterocycles. The van der Waals surface area contributed by atoms with E-state index in [2.05, 4.69) is 15.4 Å². The van der Waals surface area contributed by atoms with Gasteiger partial charge in [0.1, 0.15) is 17.6 Å². The maximum absolute atomic E-state index is 12.2. The van der Waals surface area contributed by atoms with Crippen LogP contribution in [-0.4, -0.2) is 44.1 Å². The molecule has 0 spiro atoms. The Labute approximate surface area is 158 Å². The van der Waals surface area contributed by atoms with Crippen molar-refractivity contribution in [3.8, 4) is 11.5 Å². The summed E-state index contributed by atoms with van der Waals surface area (Å²) >= 11 is 0. The second kappa shape index (κ2) is 9.80. The first-order valence-electron chi connectivity index (χ1n) is 9.07. The molecule has 148 valence electrons. The minimum absolute atomic E-state index is 0.0636. The highest BCUT2D eigenvalue weighted by molar-refractivity contribution is 6.39. The number of anilines is 1. The van der Waals surface area contributed by atoms with Crippen LogP contribution in [0.4, 0.5) is 5.69 Å². The Bertz CT molecular complexity index is 704. The lowest BCUT2D eigenvalue weighted by Crippen LogP contribution is -2.36. The molecule has 1 atom stereocenters. The molecule has 0 radical (unpaired) electrons. The van der Waals surface area contributed by atoms with Crippen molar-refractivity contribution in [2.45, 2.75) is 45.6 Å². The zero-order valence-electron chi connectivity index (χ0n) is 15.9. The monoisotopic (exact) mass is 378 g/mol. The lowest BCUT2D eigenvalue weighted by Gasteiger charge is -2.13. The molecule has 1 heterocycles. The van der Waals surface area contributed by atoms with Gasteiger partial charge in [-0.2, -0.15) is 0 Å². The fraction of sp³-hybridized carbons (Fsp3) is 0.526. The van der Waals surface area contributed by atoms with Gasteiger partial charge < -0.3 is 24.8 Å². The second-order valence-corrected chi connectivity index (χ2v) is 6.26. The molecule has 1 aromatic rings. The Morgan fingerprint density at radius 2 is 2.00 bits per heavy atom. The molecule has 0 fully saturated rings. The topological polar surface area (TPSA) is 103 Å². The van der Waals surface area contributed by atoms with E-state index in [9.17, 15) is 14.4 Å². The van der Waals surface area contributed by atoms with Gasteiger partial charge >= 0.3 is 17.8 Å². The van der Waals surface area contributed by atoms with Gasteiger partial charge in [0, 0.05) is 31.0 Å². The van der Waals surface area contributed by atoms with Crippen LogP contribution in [0.5, 0.6) is 11.5 Å². The number of amides is 2. The van der Waals surface area contributed by atoms with Gasteiger partial charge in [-0.25, -0.2) is 0 Å². The van der Waals surface area contributed by atoms with Gasteiger partial charge in [-0.3, -0.25) is 14.4 Å². The Morgan fingerprint density at radius 3 is 2.70 bits per heavy atom. The molecule has 8 heteroatoms. The minimum Gasteiger partial charge on any atom is -0.492 e. The average molecular weight is 378 g/mol. The smallest absolute Gasteiger partial charge is 0.313 e. The van der Waals surface area contributed by atoms with E-state index in [4.69, 9.17) is 9.47 Å². The molecule has 0 aliphatic carbocycles. The Hall–Kier alpha value is -2.77. The van der Waals surface area contributed by atoms with Crippen molar-refractivity contribution in [3.63, 3.8) is 0 Å². The van der Waals surface area contributed by atoms with E-state index >= 15 is 0 Å². The number of carbonyl (C=O) groups excluding carboxylic acids is 3. The number of hydrogen-bond donors (Lipinski definition) is 2. The molecule has 0 bridgehead atoms. The molecule has 0 saturated carbocycles. The van der Waals surface area contributed by atoms with Crippen LogP contribution in [0.25, 0.3) is 0 Å². The van der Waals surface area contributed by atoms with Gasteiger partial charge in [0.05, 0.1) is 19.4 Å². The number of methoxy groups -OCH3 is 1. The van der Waals surface area contributed by atoms with Gasteiger partial charge in [-0.15, -0.1) is 0 Å². The van der Waals surface area contributed by atoms with Crippen molar-refractivity contribution in [3.05, 3.63) is 17.7 Å². The molecule has 2 amide bonds. The molecular weight excluding hydrogens is 352 g/mol. The third-order valence-electron chi connectivity index (χ3n) is 4.07. The molecule has 1 aromatic carbocycles. The number of benzene rings is 1. The van der Waals surface area contributed by atoms with Crippen LogP contribution in [0, 0.1) is 0 Å². The molecule has 1 aliphatic rings. The lowest BCUT2D eigenvalue weighted by molar-refractivity contribution is -0.140. The third-order valence-corrected chi connectivity index (χ3v) is 4.07. The fourth-order valence-corrected chi connectivity index (χ4v) is 2.77. The van der Waals surface area contributed by atoms with E-state index in [0.717, 1.165) is 12.0 Å². The molecule has 0 aromatic heterocycles. The summed E-state index contributed by atoms with van der Waals surface area (Å²) in [6.07, 6.45) is 2.26. The van der Waals surface area contributed by atoms with Crippen molar-refractivity contribution in [1.29, 1.82) is 0 Å². The Balaban J connectivity index is 1.89. The van der Waals surface area contributed by atoms with Gasteiger partial charge in [0.15, 0.2) is 0 Å². The predicted molar refractivity (Wildman–Crippen MR) is 98.9 cm³/mol. The van der Waals surface area contributed by atoms with Crippen LogP contribution in [-0.2, 0) is 25.5 Å². The van der Waals surface area contributed by atoms with Gasteiger partial charge in [-0.1, -0.05) is 0 Å². The van der Waals surface area contributed by atoms with Crippen LogP contribution in [0.2, 0.25) is 0 Å². The van der Waals surface area contributed by atoms with Crippen LogP contribution < -0.4 is 20.1 Å². The number of unbranched alkanes of at least 4 members (excludes halogenated alkanes) is 1. The number of esters is 1. The van der Waals surface area contributed by atoms with Crippen LogP contribution in [0.3, 0.4) is 0 Å². The van der Waals surface area contributed by atoms with E-state index in [0.29, 0.717) is 43.2 Å². The van der Waals surface area contributed by atoms with Gasteiger partial charge in [-0.05, 0) is 32.8 Å². The van der Waals surface area contributed by atoms with Gasteiger partial charge in [0.25, 0.3) is 0 Å². The van der Waals surface area contributed by atoms with Crippen molar-refractivity contribution < 1.29 is 28.6 Å². The molecular formula is C19H26N2O6. The SMILES string of the molecule is CCOc1cc2c(cc1NC(=O)C(=O)NCCCCC(=O)OC)OC(C)C2. The normalized spacial score (nSPS) is 14.7. The summed E-state index contributed by atoms with van der Waals surface area (Å²) in [5, 5.41) is 5.11. The van der Waals surface area contributed by atoms with Crippen molar-refractivity contribution in [1.82, 2.24) is 5.32 Å². The van der Waals surface area contributed by atoms with Crippen molar-refractivity contribution in [2.24, 2.45) is 0 Å². The molecule has 1 unspecified atom stereocenters. The van der Waals surface area contributed by atoms with Crippen molar-refractivity contribution in [2.75, 3.05) is 25.6 Å². The largest absolute Gasteiger partial charge is 0.492 e. The first kappa shape index (κ1) is 20.5. The minimum atomic E-state index is -0.782. The summed E-state index contributed by atoms with van der Waals surface area (Å²) in [6, 6.07) is 3.52. The Morgan fingerprint density at radius 1 is 1.22 bits per heavy atom. The summed E-state index contributed by atoms with van der Waals surface area (Å²) in [5.74, 6) is -0.631. The number of nitrogens with one attached hydrogen (secondary N) is 2. The fourth-order valence-electron chi connectivity index (χ4n) is 2.77. The standard InChI is InChI=1S/C19H26N2O6/c1-4-26-16-10-13-9-12(2)27-15(13)11-14(16)21-19(24)18(23)20-8-6-5-7-17(22)25-3/h10-12H,4-9H2,1-3H3,(H,20,23)(H,21,24). The summed E-state index contributed by atoms with van der Waals surface area (Å²) < 4.78 is 15.8. The number of ether oxygens (including phenoxy) is 3. The highest BCUT2D eigenvalue weighted by Crippen LogP contribution is 2.38. The summed E-state index contributed by atoms with van der Waals surface area (Å²) in [7, 11) is 1.33. The van der Waals surface area contributed by atoms with Crippen LogP contribution >= 0.6 is 0 Å². The summed E-state index contributed by atoms with van der Waals surface area (Å²) in [6.45, 7) is 4.54. The average Bonchev–Trinajstić information content (AvgIpc) is 3.00. The van der Waals surface area contributed by atoms with E-state index in [1.165, 1.54) is 7.11 Å². The van der Waals surface area contributed by atoms with E-state index in [1.807, 2.05) is 19.9 Å². The Kier molecular flexibility index (Phi) is 7.45. The quantitative estimate of drug-likeness (QED) is 0.406. The number of fused-ring (bicyclic) bond motifs is 1. The van der Waals surface area contributed by atoms with Crippen molar-refractivity contribution >= 4 is 23.5 Å². The number of rotatable bonds is 8. The highest BCUT2D eigenvalue weighted by Gasteiger charge is 2.23. The summed E-state index contributed by atoms with van der Waals surface area (Å²) in [4.78, 5) is 35.1. The maximum atomic E-state index is 12.2. The van der Waals surface area contributed by atoms with Crippen LogP contribution in [0.15, 0.2) is 12.1 Å². The van der Waals surface area contributed by atoms with Gasteiger partial charge in [0.2, 0.25) is 0 Å². The van der Waals surface area contributed by atoms with E-state index in [1.54, 1.807) is 6.07 Å². The predicted octanol–water partition coefficient (Wildman–Crippen LogP) is 1.81. The first-order chi connectivity index (χ1) is 12.9. The number of carbonyl (C=O) groups is 3. The third kappa shape index (κ3) is 5.87. The maximum Gasteiger partial charge on any atom is 0.313 e. The second-order valence-electron chi connectivity index (χ2n) is 6.26. The molecule has 27 heavy (non-hydrogen) atoms. The lowest BCUT2D eigenvalue weighted by atomic mass is 10.1. The van der Waals surface area contributed by atoms with E-state index in [-0.39, 0.29) is 18.5 Å². The number of hydrogen-bond acceptors (Lipinski definition) is 6. The zero-order chi connectivity index (χ0) is 19.8. The molecule has 2 rings (SSSR count). The zero-order valence-corrected chi connectivity index (χ0v) is 15.9. The molecule has 8 nitrogen and oxygen atoms in total.